The number of hydrogen-bond donors (Lipinski definition) is 3. The molecule has 0 amide bonds. The monoisotopic (exact) mass is 191 g/mol. The summed E-state index contributed by atoms with van der Waals surface area (Å²) in [5.41, 5.74) is 0.525. The van der Waals surface area contributed by atoms with Gasteiger partial charge in [0.1, 0.15) is 0 Å². The zero-order chi connectivity index (χ0) is 9.97. The fraction of sp³-hybridized carbons (Fsp3) is 0.125. The summed E-state index contributed by atoms with van der Waals surface area (Å²) < 4.78 is 0. The van der Waals surface area contributed by atoms with E-state index in [1.54, 1.807) is 6.08 Å². The molecule has 6 nitrogen and oxygen atoms in total. The fourth-order valence-electron chi connectivity index (χ4n) is 1.10. The summed E-state index contributed by atoms with van der Waals surface area (Å²) in [7, 11) is 0. The molecule has 0 radical (unpaired) electrons. The van der Waals surface area contributed by atoms with E-state index in [2.05, 4.69) is 31.8 Å². The second-order valence-electron chi connectivity index (χ2n) is 2.68. The summed E-state index contributed by atoms with van der Waals surface area (Å²) in [5, 5.41) is 2.88. The second kappa shape index (κ2) is 3.33. The van der Waals surface area contributed by atoms with Crippen molar-refractivity contribution in [2.45, 2.75) is 0 Å². The van der Waals surface area contributed by atoms with Gasteiger partial charge >= 0.3 is 0 Å². The largest absolute Gasteiger partial charge is 0.352 e. The SMILES string of the molecule is C=CCNc1nc2[nH]cnc2c(=O)[nH]1. The molecule has 2 heterocycles. The third-order valence-corrected chi connectivity index (χ3v) is 1.70. The van der Waals surface area contributed by atoms with Crippen LogP contribution in [0.25, 0.3) is 11.2 Å². The van der Waals surface area contributed by atoms with Crippen molar-refractivity contribution in [3.63, 3.8) is 0 Å². The van der Waals surface area contributed by atoms with E-state index in [4.69, 9.17) is 0 Å². The molecule has 0 saturated heterocycles. The van der Waals surface area contributed by atoms with Crippen molar-refractivity contribution in [2.24, 2.45) is 0 Å². The van der Waals surface area contributed by atoms with Gasteiger partial charge in [-0.2, -0.15) is 4.98 Å². The molecule has 2 aromatic heterocycles. The Labute approximate surface area is 79.1 Å². The first-order chi connectivity index (χ1) is 6.81. The van der Waals surface area contributed by atoms with Crippen LogP contribution in [0.15, 0.2) is 23.8 Å². The molecule has 0 aliphatic heterocycles. The van der Waals surface area contributed by atoms with Crippen LogP contribution in [0.4, 0.5) is 5.95 Å². The number of fused-ring (bicyclic) bond motifs is 1. The molecule has 0 fully saturated rings. The molecule has 3 N–H and O–H groups in total. The third kappa shape index (κ3) is 1.37. The average Bonchev–Trinajstić information content (AvgIpc) is 2.63. The number of aromatic amines is 2. The molecule has 0 saturated carbocycles. The van der Waals surface area contributed by atoms with E-state index in [-0.39, 0.29) is 5.56 Å². The van der Waals surface area contributed by atoms with Crippen molar-refractivity contribution in [1.82, 2.24) is 19.9 Å². The van der Waals surface area contributed by atoms with Crippen LogP contribution in [-0.4, -0.2) is 26.5 Å². The van der Waals surface area contributed by atoms with Crippen LogP contribution in [0.3, 0.4) is 0 Å². The first-order valence-corrected chi connectivity index (χ1v) is 4.09. The lowest BCUT2D eigenvalue weighted by molar-refractivity contribution is 1.11. The van der Waals surface area contributed by atoms with Gasteiger partial charge < -0.3 is 10.3 Å². The van der Waals surface area contributed by atoms with Gasteiger partial charge in [0.25, 0.3) is 5.56 Å². The number of anilines is 1. The second-order valence-corrected chi connectivity index (χ2v) is 2.68. The van der Waals surface area contributed by atoms with Crippen LogP contribution < -0.4 is 10.9 Å². The number of rotatable bonds is 3. The van der Waals surface area contributed by atoms with Crippen molar-refractivity contribution >= 4 is 17.1 Å². The molecule has 0 spiro atoms. The van der Waals surface area contributed by atoms with Crippen molar-refractivity contribution in [3.8, 4) is 0 Å². The van der Waals surface area contributed by atoms with Crippen LogP contribution >= 0.6 is 0 Å². The van der Waals surface area contributed by atoms with Crippen molar-refractivity contribution in [2.75, 3.05) is 11.9 Å². The molecule has 2 rings (SSSR count). The first-order valence-electron chi connectivity index (χ1n) is 4.09. The normalized spacial score (nSPS) is 10.3. The summed E-state index contributed by atoms with van der Waals surface area (Å²) in [4.78, 5) is 24.6. The zero-order valence-electron chi connectivity index (χ0n) is 7.37. The fourth-order valence-corrected chi connectivity index (χ4v) is 1.10. The minimum atomic E-state index is -0.261. The van der Waals surface area contributed by atoms with Crippen LogP contribution in [-0.2, 0) is 0 Å². The van der Waals surface area contributed by atoms with Crippen molar-refractivity contribution < 1.29 is 0 Å². The van der Waals surface area contributed by atoms with E-state index in [1.165, 1.54) is 6.33 Å². The van der Waals surface area contributed by atoms with E-state index in [0.29, 0.717) is 23.7 Å². The van der Waals surface area contributed by atoms with Gasteiger partial charge in [0.15, 0.2) is 11.2 Å². The molecular formula is C8H9N5O. The molecular weight excluding hydrogens is 182 g/mol. The smallest absolute Gasteiger partial charge is 0.280 e. The molecule has 0 bridgehead atoms. The number of H-pyrrole nitrogens is 2. The minimum absolute atomic E-state index is 0.261. The molecule has 72 valence electrons. The van der Waals surface area contributed by atoms with Crippen LogP contribution in [0, 0.1) is 0 Å². The Morgan fingerprint density at radius 3 is 3.29 bits per heavy atom. The Kier molecular flexibility index (Phi) is 2.02. The summed E-state index contributed by atoms with van der Waals surface area (Å²) in [6, 6.07) is 0. The zero-order valence-corrected chi connectivity index (χ0v) is 7.37. The van der Waals surface area contributed by atoms with Gasteiger partial charge in [-0.3, -0.25) is 9.78 Å². The quantitative estimate of drug-likeness (QED) is 0.607. The molecule has 0 atom stereocenters. The van der Waals surface area contributed by atoms with Gasteiger partial charge in [0.05, 0.1) is 6.33 Å². The van der Waals surface area contributed by atoms with E-state index >= 15 is 0 Å². The van der Waals surface area contributed by atoms with Gasteiger partial charge in [-0.05, 0) is 0 Å². The van der Waals surface area contributed by atoms with Crippen LogP contribution in [0.1, 0.15) is 0 Å². The summed E-state index contributed by atoms with van der Waals surface area (Å²) in [6.07, 6.45) is 3.11. The molecule has 0 aromatic carbocycles. The van der Waals surface area contributed by atoms with E-state index in [0.717, 1.165) is 0 Å². The van der Waals surface area contributed by atoms with Crippen molar-refractivity contribution in [1.29, 1.82) is 0 Å². The predicted octanol–water partition coefficient (Wildman–Crippen LogP) is 0.244. The topological polar surface area (TPSA) is 86.5 Å². The van der Waals surface area contributed by atoms with Gasteiger partial charge in [0, 0.05) is 6.54 Å². The number of nitrogens with zero attached hydrogens (tertiary/aromatic N) is 2. The van der Waals surface area contributed by atoms with E-state index in [9.17, 15) is 4.79 Å². The number of imidazole rings is 1. The average molecular weight is 191 g/mol. The number of nitrogens with one attached hydrogen (secondary N) is 3. The highest BCUT2D eigenvalue weighted by Crippen LogP contribution is 2.01. The molecule has 14 heavy (non-hydrogen) atoms. The molecule has 0 unspecified atom stereocenters. The number of hydrogen-bond acceptors (Lipinski definition) is 4. The maximum absolute atomic E-state index is 11.4. The van der Waals surface area contributed by atoms with Crippen LogP contribution in [0.2, 0.25) is 0 Å². The predicted molar refractivity (Wildman–Crippen MR) is 53.2 cm³/mol. The Hall–Kier alpha value is -2.11. The Morgan fingerprint density at radius 2 is 2.50 bits per heavy atom. The maximum Gasteiger partial charge on any atom is 0.280 e. The van der Waals surface area contributed by atoms with E-state index in [1.807, 2.05) is 0 Å². The summed E-state index contributed by atoms with van der Waals surface area (Å²) in [6.45, 7) is 4.09. The molecule has 0 aliphatic rings. The standard InChI is InChI=1S/C8H9N5O/c1-2-3-9-8-12-6-5(7(14)13-8)10-4-11-6/h2,4H,1,3H2,(H3,9,10,11,12,13,14). The Bertz CT molecular complexity index is 512. The lowest BCUT2D eigenvalue weighted by Crippen LogP contribution is -2.13. The Balaban J connectivity index is 2.47. The van der Waals surface area contributed by atoms with Gasteiger partial charge in [-0.15, -0.1) is 6.58 Å². The summed E-state index contributed by atoms with van der Waals surface area (Å²) in [5.74, 6) is 0.409. The molecule has 6 heteroatoms. The van der Waals surface area contributed by atoms with Crippen molar-refractivity contribution in [3.05, 3.63) is 29.3 Å². The first kappa shape index (κ1) is 8.49. The third-order valence-electron chi connectivity index (χ3n) is 1.70. The highest BCUT2D eigenvalue weighted by Gasteiger charge is 2.04. The van der Waals surface area contributed by atoms with Crippen LogP contribution in [0.5, 0.6) is 0 Å². The van der Waals surface area contributed by atoms with Gasteiger partial charge in [-0.1, -0.05) is 6.08 Å². The Morgan fingerprint density at radius 1 is 1.64 bits per heavy atom. The molecule has 2 aromatic rings. The molecule has 0 aliphatic carbocycles. The lowest BCUT2D eigenvalue weighted by Gasteiger charge is -2.00. The maximum atomic E-state index is 11.4. The highest BCUT2D eigenvalue weighted by atomic mass is 16.1. The lowest BCUT2D eigenvalue weighted by atomic mass is 10.5. The van der Waals surface area contributed by atoms with Gasteiger partial charge in [0.2, 0.25) is 5.95 Å². The highest BCUT2D eigenvalue weighted by molar-refractivity contribution is 5.69. The number of aromatic nitrogens is 4. The van der Waals surface area contributed by atoms with E-state index < -0.39 is 0 Å². The summed E-state index contributed by atoms with van der Waals surface area (Å²) >= 11 is 0. The minimum Gasteiger partial charge on any atom is -0.352 e. The van der Waals surface area contributed by atoms with Gasteiger partial charge in [-0.25, -0.2) is 4.98 Å².